The molecular weight excluding hydrogens is 733 g/mol. The molecular formula is C38H41Cl2N9O5. The van der Waals surface area contributed by atoms with Crippen LogP contribution in [0.25, 0.3) is 22.5 Å². The molecule has 2 saturated heterocycles. The summed E-state index contributed by atoms with van der Waals surface area (Å²) in [6.07, 6.45) is 4.18. The van der Waals surface area contributed by atoms with Gasteiger partial charge in [0.25, 0.3) is 5.91 Å². The lowest BCUT2D eigenvalue weighted by Crippen LogP contribution is -2.41. The molecule has 16 heteroatoms. The van der Waals surface area contributed by atoms with Gasteiger partial charge in [0, 0.05) is 94.2 Å². The van der Waals surface area contributed by atoms with Crippen molar-refractivity contribution in [2.24, 2.45) is 13.0 Å². The smallest absolute Gasteiger partial charge is 0.291 e. The fourth-order valence-electron chi connectivity index (χ4n) is 7.39. The number of fused-ring (bicyclic) bond motifs is 1. The van der Waals surface area contributed by atoms with Gasteiger partial charge in [-0.05, 0) is 31.0 Å². The minimum absolute atomic E-state index is 0.00780. The zero-order valence-electron chi connectivity index (χ0n) is 30.2. The fourth-order valence-corrected chi connectivity index (χ4v) is 7.96. The van der Waals surface area contributed by atoms with Crippen molar-refractivity contribution in [3.8, 4) is 28.4 Å². The van der Waals surface area contributed by atoms with Gasteiger partial charge in [0.1, 0.15) is 0 Å². The maximum absolute atomic E-state index is 13.7. The quantitative estimate of drug-likeness (QED) is 0.214. The van der Waals surface area contributed by atoms with Crippen LogP contribution in [0, 0.1) is 5.92 Å². The van der Waals surface area contributed by atoms with Gasteiger partial charge in [-0.1, -0.05) is 41.4 Å². The minimum atomic E-state index is -0.455. The summed E-state index contributed by atoms with van der Waals surface area (Å²) >= 11 is 13.9. The second-order valence-corrected chi connectivity index (χ2v) is 14.5. The van der Waals surface area contributed by atoms with Crippen LogP contribution in [0.3, 0.4) is 0 Å². The van der Waals surface area contributed by atoms with Crippen LogP contribution in [-0.4, -0.2) is 92.3 Å². The number of rotatable bonds is 10. The molecule has 7 rings (SSSR count). The van der Waals surface area contributed by atoms with Gasteiger partial charge in [0.15, 0.2) is 5.82 Å². The van der Waals surface area contributed by atoms with Crippen LogP contribution < -0.4 is 20.7 Å². The predicted octanol–water partition coefficient (Wildman–Crippen LogP) is 4.23. The second kappa shape index (κ2) is 15.7. The van der Waals surface area contributed by atoms with Crippen molar-refractivity contribution < 1.29 is 23.9 Å². The summed E-state index contributed by atoms with van der Waals surface area (Å²) in [6, 6.07) is 10.9. The first-order valence-corrected chi connectivity index (χ1v) is 18.7. The summed E-state index contributed by atoms with van der Waals surface area (Å²) < 4.78 is 7.38. The number of nitrogens with zero attached hydrogens (tertiary/aromatic N) is 6. The molecule has 0 saturated carbocycles. The number of carbonyl (C=O) groups is 4. The number of imidazole rings is 1. The van der Waals surface area contributed by atoms with Crippen molar-refractivity contribution in [3.05, 3.63) is 75.4 Å². The molecule has 4 amide bonds. The number of aromatic nitrogens is 4. The average Bonchev–Trinajstić information content (AvgIpc) is 3.91. The largest absolute Gasteiger partial charge is 0.481 e. The summed E-state index contributed by atoms with van der Waals surface area (Å²) in [5.74, 6) is 0.0127. The van der Waals surface area contributed by atoms with Gasteiger partial charge in [-0.25, -0.2) is 9.97 Å². The van der Waals surface area contributed by atoms with E-state index in [4.69, 9.17) is 32.9 Å². The maximum Gasteiger partial charge on any atom is 0.291 e. The van der Waals surface area contributed by atoms with E-state index in [1.54, 1.807) is 59.0 Å². The molecule has 6 heterocycles. The Hall–Kier alpha value is -5.05. The lowest BCUT2D eigenvalue weighted by molar-refractivity contribution is -0.136. The van der Waals surface area contributed by atoms with Gasteiger partial charge in [-0.15, -0.1) is 0 Å². The molecule has 0 unspecified atom stereocenters. The Morgan fingerprint density at radius 2 is 1.83 bits per heavy atom. The van der Waals surface area contributed by atoms with Crippen molar-refractivity contribution in [2.75, 3.05) is 38.6 Å². The van der Waals surface area contributed by atoms with Gasteiger partial charge in [0.2, 0.25) is 23.6 Å². The number of hydrogen-bond donors (Lipinski definition) is 3. The van der Waals surface area contributed by atoms with E-state index in [9.17, 15) is 19.2 Å². The highest BCUT2D eigenvalue weighted by molar-refractivity contribution is 6.39. The molecule has 3 N–H and O–H groups in total. The van der Waals surface area contributed by atoms with Gasteiger partial charge in [-0.3, -0.25) is 24.2 Å². The van der Waals surface area contributed by atoms with Gasteiger partial charge in [0.05, 0.1) is 52.4 Å². The summed E-state index contributed by atoms with van der Waals surface area (Å²) in [4.78, 5) is 67.7. The fraction of sp³-hybridized carbons (Fsp3) is 0.395. The third-order valence-electron chi connectivity index (χ3n) is 10.3. The first-order chi connectivity index (χ1) is 26.0. The Bertz CT molecular complexity index is 2140. The first kappa shape index (κ1) is 37.3. The van der Waals surface area contributed by atoms with Crippen molar-refractivity contribution in [1.29, 1.82) is 0 Å². The molecule has 2 fully saturated rings. The molecule has 282 valence electrons. The molecule has 0 radical (unpaired) electrons. The number of hydrogen-bond acceptors (Lipinski definition) is 9. The minimum Gasteiger partial charge on any atom is -0.481 e. The highest BCUT2D eigenvalue weighted by Crippen LogP contribution is 2.40. The third-order valence-corrected chi connectivity index (χ3v) is 11.1. The molecule has 0 aliphatic carbocycles. The van der Waals surface area contributed by atoms with E-state index in [1.807, 2.05) is 12.1 Å². The highest BCUT2D eigenvalue weighted by atomic mass is 35.5. The molecule has 0 bridgehead atoms. The van der Waals surface area contributed by atoms with E-state index in [2.05, 4.69) is 25.9 Å². The zero-order valence-corrected chi connectivity index (χ0v) is 31.8. The molecule has 3 aliphatic rings. The van der Waals surface area contributed by atoms with E-state index >= 15 is 0 Å². The topological polar surface area (TPSA) is 164 Å². The Balaban J connectivity index is 1.05. The number of likely N-dealkylation sites (tertiary alicyclic amines) is 1. The van der Waals surface area contributed by atoms with Crippen LogP contribution in [0.4, 0.5) is 5.69 Å². The summed E-state index contributed by atoms with van der Waals surface area (Å²) in [6.45, 7) is 4.49. The summed E-state index contributed by atoms with van der Waals surface area (Å²) in [5, 5.41) is 9.79. The molecule has 1 aromatic carbocycles. The van der Waals surface area contributed by atoms with E-state index in [1.165, 1.54) is 6.92 Å². The standard InChI is InChI=1S/C38H41Cl2N9O5/c1-21(50)48-15-12-23(19-48)38(53)49-16-13-30-29(20-49)44-35(47(30)2)36(52)45-28-6-4-5-26(32(28)39)34-33(40)25(11-14-42-34)27-9-7-22(37(46-27)54-3)17-41-18-24-8-10-31(51)43-24/h4-7,9,11,14,23-24,41H,8,10,12-13,15-20H2,1-3H3,(H,43,51)(H,45,52)/t23-,24+/m1/s1. The number of pyridine rings is 2. The van der Waals surface area contributed by atoms with E-state index < -0.39 is 5.91 Å². The van der Waals surface area contributed by atoms with Crippen LogP contribution in [0.5, 0.6) is 5.88 Å². The van der Waals surface area contributed by atoms with Crippen LogP contribution in [-0.2, 0) is 40.9 Å². The molecule has 3 aliphatic heterocycles. The van der Waals surface area contributed by atoms with Gasteiger partial charge in [-0.2, -0.15) is 0 Å². The monoisotopic (exact) mass is 773 g/mol. The summed E-state index contributed by atoms with van der Waals surface area (Å²) in [5.41, 5.74) is 4.88. The van der Waals surface area contributed by atoms with E-state index in [-0.39, 0.29) is 40.5 Å². The average molecular weight is 775 g/mol. The SMILES string of the molecule is COc1nc(-c2ccnc(-c3cccc(NC(=O)c4nc5c(n4C)CCN(C(=O)[C@@H]4CCN(C(C)=O)C4)C5)c3Cl)c2Cl)ccc1CNC[C@@H]1CCC(=O)N1. The Labute approximate surface area is 322 Å². The van der Waals surface area contributed by atoms with E-state index in [0.29, 0.717) is 103 Å². The number of methoxy groups -OCH3 is 1. The predicted molar refractivity (Wildman–Crippen MR) is 203 cm³/mol. The normalized spacial score (nSPS) is 18.1. The van der Waals surface area contributed by atoms with Crippen LogP contribution in [0.2, 0.25) is 10.0 Å². The van der Waals surface area contributed by atoms with Gasteiger partial charge < -0.3 is 35.1 Å². The second-order valence-electron chi connectivity index (χ2n) is 13.8. The number of anilines is 1. The van der Waals surface area contributed by atoms with Crippen molar-refractivity contribution in [1.82, 2.24) is 40.0 Å². The van der Waals surface area contributed by atoms with E-state index in [0.717, 1.165) is 17.7 Å². The Morgan fingerprint density at radius 3 is 2.57 bits per heavy atom. The highest BCUT2D eigenvalue weighted by Gasteiger charge is 2.35. The first-order valence-electron chi connectivity index (χ1n) is 17.9. The molecule has 54 heavy (non-hydrogen) atoms. The lowest BCUT2D eigenvalue weighted by atomic mass is 10.0. The molecule has 14 nitrogen and oxygen atoms in total. The van der Waals surface area contributed by atoms with Gasteiger partial charge >= 0.3 is 0 Å². The molecule has 0 spiro atoms. The van der Waals surface area contributed by atoms with Crippen molar-refractivity contribution in [3.63, 3.8) is 0 Å². The summed E-state index contributed by atoms with van der Waals surface area (Å²) in [7, 11) is 3.35. The van der Waals surface area contributed by atoms with Crippen LogP contribution in [0.15, 0.2) is 42.6 Å². The number of amides is 4. The Kier molecular flexibility index (Phi) is 10.9. The lowest BCUT2D eigenvalue weighted by Gasteiger charge is -2.29. The number of benzene rings is 1. The maximum atomic E-state index is 13.7. The zero-order chi connectivity index (χ0) is 38.1. The molecule has 3 aromatic heterocycles. The Morgan fingerprint density at radius 1 is 1.00 bits per heavy atom. The van der Waals surface area contributed by atoms with Crippen LogP contribution >= 0.6 is 23.2 Å². The number of ether oxygens (including phenoxy) is 1. The van der Waals surface area contributed by atoms with Crippen molar-refractivity contribution >= 4 is 52.5 Å². The van der Waals surface area contributed by atoms with Crippen molar-refractivity contribution in [2.45, 2.75) is 51.7 Å². The van der Waals surface area contributed by atoms with Crippen LogP contribution in [0.1, 0.15) is 53.8 Å². The third kappa shape index (κ3) is 7.50. The molecule has 2 atom stereocenters. The molecule has 4 aromatic rings. The number of halogens is 2. The number of carbonyl (C=O) groups excluding carboxylic acids is 4. The number of nitrogens with one attached hydrogen (secondary N) is 3.